The van der Waals surface area contributed by atoms with Crippen LogP contribution in [0.3, 0.4) is 0 Å². The molecule has 3 N–H and O–H groups in total. The van der Waals surface area contributed by atoms with E-state index in [1.165, 1.54) is 0 Å². The second-order valence-electron chi connectivity index (χ2n) is 4.70. The van der Waals surface area contributed by atoms with E-state index >= 15 is 0 Å². The average molecular weight is 262 g/mol. The van der Waals surface area contributed by atoms with Crippen molar-refractivity contribution in [2.45, 2.75) is 26.4 Å². The van der Waals surface area contributed by atoms with Gasteiger partial charge in [0, 0.05) is 12.1 Å². The maximum atomic E-state index is 11.8. The van der Waals surface area contributed by atoms with Crippen molar-refractivity contribution in [1.29, 1.82) is 0 Å². The van der Waals surface area contributed by atoms with Crippen LogP contribution in [-0.2, 0) is 11.3 Å². The summed E-state index contributed by atoms with van der Waals surface area (Å²) in [5, 5.41) is 2.83. The Morgan fingerprint density at radius 2 is 2.16 bits per heavy atom. The maximum Gasteiger partial charge on any atom is 0.237 e. The molecule has 0 fully saturated rings. The van der Waals surface area contributed by atoms with Gasteiger partial charge < -0.3 is 15.8 Å². The lowest BCUT2D eigenvalue weighted by Crippen LogP contribution is -2.43. The topological polar surface area (TPSA) is 64.3 Å². The van der Waals surface area contributed by atoms with Crippen LogP contribution >= 0.6 is 0 Å². The van der Waals surface area contributed by atoms with Gasteiger partial charge in [-0.15, -0.1) is 0 Å². The number of carbonyl (C=O) groups is 1. The van der Waals surface area contributed by atoms with Crippen molar-refractivity contribution in [3.8, 4) is 5.75 Å². The van der Waals surface area contributed by atoms with Gasteiger partial charge >= 0.3 is 0 Å². The number of nitrogens with one attached hydrogen (secondary N) is 1. The lowest BCUT2D eigenvalue weighted by Gasteiger charge is -2.16. The predicted molar refractivity (Wildman–Crippen MR) is 76.8 cm³/mol. The average Bonchev–Trinajstić information content (AvgIpc) is 2.42. The molecule has 0 saturated carbocycles. The molecule has 1 atom stereocenters. The Morgan fingerprint density at radius 1 is 1.47 bits per heavy atom. The summed E-state index contributed by atoms with van der Waals surface area (Å²) in [6.07, 6.45) is 1.68. The number of hydrogen-bond acceptors (Lipinski definition) is 3. The molecule has 104 valence electrons. The lowest BCUT2D eigenvalue weighted by molar-refractivity contribution is -0.123. The van der Waals surface area contributed by atoms with E-state index in [2.05, 4.69) is 11.9 Å². The predicted octanol–water partition coefficient (Wildman–Crippen LogP) is 1.85. The number of para-hydroxylation sites is 1. The van der Waals surface area contributed by atoms with Crippen molar-refractivity contribution in [3.05, 3.63) is 42.5 Å². The standard InChI is InChI=1S/C15H22N2O2/c1-4-9-19-13-8-6-5-7-12(13)10-17-15(18)14(16)11(2)3/h4-8,11,14H,1,9-10,16H2,2-3H3,(H,17,18)/t14-/m0/s1. The number of benzene rings is 1. The van der Waals surface area contributed by atoms with Crippen LogP contribution in [-0.4, -0.2) is 18.6 Å². The number of nitrogens with two attached hydrogens (primary N) is 1. The number of hydrogen-bond donors (Lipinski definition) is 2. The van der Waals surface area contributed by atoms with Crippen LogP contribution in [0.4, 0.5) is 0 Å². The highest BCUT2D eigenvalue weighted by molar-refractivity contribution is 5.81. The zero-order valence-corrected chi connectivity index (χ0v) is 11.6. The summed E-state index contributed by atoms with van der Waals surface area (Å²) in [5.74, 6) is 0.724. The molecule has 0 aliphatic carbocycles. The smallest absolute Gasteiger partial charge is 0.237 e. The van der Waals surface area contributed by atoms with Crippen molar-refractivity contribution in [2.24, 2.45) is 11.7 Å². The SMILES string of the molecule is C=CCOc1ccccc1CNC(=O)[C@@H](N)C(C)C. The first-order chi connectivity index (χ1) is 9.06. The first-order valence-electron chi connectivity index (χ1n) is 6.41. The fraction of sp³-hybridized carbons (Fsp3) is 0.400. The molecule has 1 amide bonds. The third kappa shape index (κ3) is 4.75. The van der Waals surface area contributed by atoms with Gasteiger partial charge in [-0.2, -0.15) is 0 Å². The number of rotatable bonds is 7. The molecule has 1 aromatic rings. The molecule has 4 heteroatoms. The van der Waals surface area contributed by atoms with Gasteiger partial charge in [-0.3, -0.25) is 4.79 Å². The van der Waals surface area contributed by atoms with Crippen molar-refractivity contribution >= 4 is 5.91 Å². The van der Waals surface area contributed by atoms with E-state index in [1.54, 1.807) is 6.08 Å². The highest BCUT2D eigenvalue weighted by Crippen LogP contribution is 2.17. The molecule has 0 aromatic heterocycles. The van der Waals surface area contributed by atoms with E-state index in [0.717, 1.165) is 11.3 Å². The summed E-state index contributed by atoms with van der Waals surface area (Å²) in [4.78, 5) is 11.8. The van der Waals surface area contributed by atoms with Crippen LogP contribution in [0.15, 0.2) is 36.9 Å². The summed E-state index contributed by atoms with van der Waals surface area (Å²) in [6, 6.07) is 7.10. The van der Waals surface area contributed by atoms with Gasteiger partial charge in [0.1, 0.15) is 12.4 Å². The second-order valence-corrected chi connectivity index (χ2v) is 4.70. The minimum Gasteiger partial charge on any atom is -0.489 e. The fourth-order valence-electron chi connectivity index (χ4n) is 1.54. The Bertz CT molecular complexity index is 430. The van der Waals surface area contributed by atoms with E-state index in [-0.39, 0.29) is 11.8 Å². The number of amides is 1. The van der Waals surface area contributed by atoms with Gasteiger partial charge in [-0.1, -0.05) is 44.7 Å². The molecule has 1 rings (SSSR count). The Balaban J connectivity index is 2.62. The number of ether oxygens (including phenoxy) is 1. The third-order valence-electron chi connectivity index (χ3n) is 2.80. The largest absolute Gasteiger partial charge is 0.489 e. The lowest BCUT2D eigenvalue weighted by atomic mass is 10.0. The summed E-state index contributed by atoms with van der Waals surface area (Å²) < 4.78 is 5.53. The first-order valence-corrected chi connectivity index (χ1v) is 6.41. The summed E-state index contributed by atoms with van der Waals surface area (Å²) in [7, 11) is 0. The van der Waals surface area contributed by atoms with E-state index in [4.69, 9.17) is 10.5 Å². The second kappa shape index (κ2) is 7.59. The summed E-state index contributed by atoms with van der Waals surface area (Å²) in [5.41, 5.74) is 6.71. The van der Waals surface area contributed by atoms with Crippen molar-refractivity contribution in [2.75, 3.05) is 6.61 Å². The molecule has 1 aromatic carbocycles. The Morgan fingerprint density at radius 3 is 2.79 bits per heavy atom. The van der Waals surface area contributed by atoms with Gasteiger partial charge in [0.05, 0.1) is 6.04 Å². The van der Waals surface area contributed by atoms with Crippen LogP contribution in [0.5, 0.6) is 5.75 Å². The van der Waals surface area contributed by atoms with E-state index in [0.29, 0.717) is 13.2 Å². The van der Waals surface area contributed by atoms with Crippen LogP contribution in [0.1, 0.15) is 19.4 Å². The molecule has 0 unspecified atom stereocenters. The molecular weight excluding hydrogens is 240 g/mol. The maximum absolute atomic E-state index is 11.8. The van der Waals surface area contributed by atoms with Crippen molar-refractivity contribution in [1.82, 2.24) is 5.32 Å². The molecule has 0 aliphatic rings. The molecule has 0 bridgehead atoms. The first kappa shape index (κ1) is 15.2. The van der Waals surface area contributed by atoms with E-state index in [9.17, 15) is 4.79 Å². The molecule has 0 heterocycles. The Kier molecular flexibility index (Phi) is 6.09. The summed E-state index contributed by atoms with van der Waals surface area (Å²) >= 11 is 0. The van der Waals surface area contributed by atoms with Crippen LogP contribution in [0, 0.1) is 5.92 Å². The highest BCUT2D eigenvalue weighted by Gasteiger charge is 2.17. The quantitative estimate of drug-likeness (QED) is 0.737. The summed E-state index contributed by atoms with van der Waals surface area (Å²) in [6.45, 7) is 8.31. The zero-order chi connectivity index (χ0) is 14.3. The zero-order valence-electron chi connectivity index (χ0n) is 11.6. The molecule has 0 spiro atoms. The molecule has 19 heavy (non-hydrogen) atoms. The molecule has 0 saturated heterocycles. The van der Waals surface area contributed by atoms with Gasteiger partial charge in [0.2, 0.25) is 5.91 Å². The van der Waals surface area contributed by atoms with Gasteiger partial charge in [0.15, 0.2) is 0 Å². The minimum atomic E-state index is -0.485. The molecule has 0 aliphatic heterocycles. The molecular formula is C15H22N2O2. The highest BCUT2D eigenvalue weighted by atomic mass is 16.5. The van der Waals surface area contributed by atoms with Gasteiger partial charge in [-0.05, 0) is 12.0 Å². The van der Waals surface area contributed by atoms with Crippen LogP contribution < -0.4 is 15.8 Å². The van der Waals surface area contributed by atoms with Crippen LogP contribution in [0.2, 0.25) is 0 Å². The van der Waals surface area contributed by atoms with Crippen LogP contribution in [0.25, 0.3) is 0 Å². The van der Waals surface area contributed by atoms with Gasteiger partial charge in [-0.25, -0.2) is 0 Å². The molecule has 4 nitrogen and oxygen atoms in total. The van der Waals surface area contributed by atoms with Crippen molar-refractivity contribution in [3.63, 3.8) is 0 Å². The van der Waals surface area contributed by atoms with Crippen molar-refractivity contribution < 1.29 is 9.53 Å². The molecule has 0 radical (unpaired) electrons. The van der Waals surface area contributed by atoms with E-state index < -0.39 is 6.04 Å². The Labute approximate surface area is 114 Å². The fourth-order valence-corrected chi connectivity index (χ4v) is 1.54. The third-order valence-corrected chi connectivity index (χ3v) is 2.80. The minimum absolute atomic E-state index is 0.118. The van der Waals surface area contributed by atoms with Gasteiger partial charge in [0.25, 0.3) is 0 Å². The monoisotopic (exact) mass is 262 g/mol. The van der Waals surface area contributed by atoms with E-state index in [1.807, 2.05) is 38.1 Å². The Hall–Kier alpha value is -1.81. The normalized spacial score (nSPS) is 12.0. The number of carbonyl (C=O) groups excluding carboxylic acids is 1.